The summed E-state index contributed by atoms with van der Waals surface area (Å²) in [5, 5.41) is 9.30. The average molecular weight is 345 g/mol. The second kappa shape index (κ2) is 7.42. The van der Waals surface area contributed by atoms with Gasteiger partial charge in [-0.05, 0) is 43.4 Å². The molecule has 0 aliphatic heterocycles. The zero-order chi connectivity index (χ0) is 16.9. The van der Waals surface area contributed by atoms with E-state index >= 15 is 0 Å². The van der Waals surface area contributed by atoms with Gasteiger partial charge in [-0.3, -0.25) is 9.69 Å². The number of hydrogen-bond acceptors (Lipinski definition) is 5. The molecule has 1 heterocycles. The minimum atomic E-state index is -0.147. The summed E-state index contributed by atoms with van der Waals surface area (Å²) >= 11 is 5.83. The van der Waals surface area contributed by atoms with Crippen LogP contribution in [0.3, 0.4) is 0 Å². The number of nitrogens with zero attached hydrogens (tertiary/aromatic N) is 4. The first-order chi connectivity index (χ1) is 11.6. The summed E-state index contributed by atoms with van der Waals surface area (Å²) in [5.41, 5.74) is 0.457. The van der Waals surface area contributed by atoms with Crippen LogP contribution >= 0.6 is 11.6 Å². The molecule has 124 valence electrons. The highest BCUT2D eigenvalue weighted by Crippen LogP contribution is 2.15. The molecule has 2 aromatic carbocycles. The highest BCUT2D eigenvalue weighted by atomic mass is 35.5. The zero-order valence-corrected chi connectivity index (χ0v) is 14.0. The quantitative estimate of drug-likeness (QED) is 0.687. The molecule has 24 heavy (non-hydrogen) atoms. The number of hydrogen-bond donors (Lipinski definition) is 0. The fraction of sp³-hybridized carbons (Fsp3) is 0.235. The Bertz CT molecular complexity index is 880. The van der Waals surface area contributed by atoms with E-state index in [0.29, 0.717) is 35.7 Å². The minimum Gasteiger partial charge on any atom is -0.492 e. The first-order valence-electron chi connectivity index (χ1n) is 7.53. The maximum atomic E-state index is 12.4. The van der Waals surface area contributed by atoms with Gasteiger partial charge in [0.15, 0.2) is 0 Å². The monoisotopic (exact) mass is 344 g/mol. The Morgan fingerprint density at radius 1 is 1.17 bits per heavy atom. The van der Waals surface area contributed by atoms with E-state index in [-0.39, 0.29) is 5.56 Å². The molecule has 0 saturated carbocycles. The summed E-state index contributed by atoms with van der Waals surface area (Å²) in [6, 6.07) is 14.4. The van der Waals surface area contributed by atoms with E-state index in [1.165, 1.54) is 4.68 Å². The first kappa shape index (κ1) is 16.4. The maximum Gasteiger partial charge on any atom is 0.278 e. The standard InChI is InChI=1S/C17H17ClN4O2/c1-21(10-11-24-14-8-6-13(18)7-9-14)12-22-17(23)15-4-2-3-5-16(15)19-20-22/h2-9H,10-12H2,1H3. The van der Waals surface area contributed by atoms with Crippen molar-refractivity contribution in [3.05, 3.63) is 63.9 Å². The van der Waals surface area contributed by atoms with Crippen LogP contribution in [0.15, 0.2) is 53.3 Å². The molecule has 0 N–H and O–H groups in total. The molecule has 3 aromatic rings. The molecule has 1 aromatic heterocycles. The van der Waals surface area contributed by atoms with Crippen molar-refractivity contribution in [3.8, 4) is 5.75 Å². The van der Waals surface area contributed by atoms with Crippen molar-refractivity contribution in [2.45, 2.75) is 6.67 Å². The van der Waals surface area contributed by atoms with Gasteiger partial charge in [-0.15, -0.1) is 5.10 Å². The van der Waals surface area contributed by atoms with E-state index in [1.807, 2.05) is 36.2 Å². The second-order valence-electron chi connectivity index (χ2n) is 5.43. The summed E-state index contributed by atoms with van der Waals surface area (Å²) in [7, 11) is 1.90. The molecule has 6 nitrogen and oxygen atoms in total. The molecule has 0 aliphatic rings. The number of ether oxygens (including phenoxy) is 1. The molecule has 0 aliphatic carbocycles. The Labute approximate surface area is 144 Å². The maximum absolute atomic E-state index is 12.4. The van der Waals surface area contributed by atoms with Gasteiger partial charge in [0.2, 0.25) is 0 Å². The van der Waals surface area contributed by atoms with E-state index in [1.54, 1.807) is 24.3 Å². The number of likely N-dealkylation sites (N-methyl/N-ethyl adjacent to an activating group) is 1. The summed E-state index contributed by atoms with van der Waals surface area (Å²) in [5.74, 6) is 0.760. The Hall–Kier alpha value is -2.44. The lowest BCUT2D eigenvalue weighted by Gasteiger charge is -2.17. The largest absolute Gasteiger partial charge is 0.492 e. The molecule has 0 atom stereocenters. The van der Waals surface area contributed by atoms with Crippen LogP contribution < -0.4 is 10.3 Å². The Balaban J connectivity index is 1.58. The molecule has 0 radical (unpaired) electrons. The Morgan fingerprint density at radius 2 is 1.92 bits per heavy atom. The van der Waals surface area contributed by atoms with Crippen LogP contribution in [0.5, 0.6) is 5.75 Å². The third-order valence-electron chi connectivity index (χ3n) is 3.56. The molecule has 0 fully saturated rings. The van der Waals surface area contributed by atoms with Gasteiger partial charge in [0, 0.05) is 11.6 Å². The van der Waals surface area contributed by atoms with Crippen LogP contribution in [0.1, 0.15) is 0 Å². The average Bonchev–Trinajstić information content (AvgIpc) is 2.59. The van der Waals surface area contributed by atoms with Crippen molar-refractivity contribution in [1.82, 2.24) is 19.9 Å². The lowest BCUT2D eigenvalue weighted by atomic mass is 10.2. The molecule has 7 heteroatoms. The predicted molar refractivity (Wildman–Crippen MR) is 93.4 cm³/mol. The van der Waals surface area contributed by atoms with Crippen molar-refractivity contribution in [2.75, 3.05) is 20.2 Å². The lowest BCUT2D eigenvalue weighted by Crippen LogP contribution is -2.34. The van der Waals surface area contributed by atoms with Crippen LogP contribution in [0.2, 0.25) is 5.02 Å². The highest BCUT2D eigenvalue weighted by Gasteiger charge is 2.07. The predicted octanol–water partition coefficient (Wildman–Crippen LogP) is 2.41. The van der Waals surface area contributed by atoms with Gasteiger partial charge in [-0.25, -0.2) is 0 Å². The van der Waals surface area contributed by atoms with Gasteiger partial charge in [-0.1, -0.05) is 28.9 Å². The van der Waals surface area contributed by atoms with Gasteiger partial charge in [0.25, 0.3) is 5.56 Å². The van der Waals surface area contributed by atoms with Crippen molar-refractivity contribution in [1.29, 1.82) is 0 Å². The van der Waals surface area contributed by atoms with Crippen molar-refractivity contribution < 1.29 is 4.74 Å². The van der Waals surface area contributed by atoms with Gasteiger partial charge in [0.05, 0.1) is 12.1 Å². The lowest BCUT2D eigenvalue weighted by molar-refractivity contribution is 0.194. The van der Waals surface area contributed by atoms with Crippen LogP contribution in [0.25, 0.3) is 10.9 Å². The van der Waals surface area contributed by atoms with Crippen LogP contribution in [-0.2, 0) is 6.67 Å². The second-order valence-corrected chi connectivity index (χ2v) is 5.87. The topological polar surface area (TPSA) is 60.2 Å². The summed E-state index contributed by atoms with van der Waals surface area (Å²) in [6.45, 7) is 1.48. The Kier molecular flexibility index (Phi) is 5.08. The number of fused-ring (bicyclic) bond motifs is 1. The zero-order valence-electron chi connectivity index (χ0n) is 13.2. The molecular formula is C17H17ClN4O2. The third-order valence-corrected chi connectivity index (χ3v) is 3.81. The SMILES string of the molecule is CN(CCOc1ccc(Cl)cc1)Cn1nnc2ccccc2c1=O. The van der Waals surface area contributed by atoms with E-state index in [0.717, 1.165) is 5.75 Å². The van der Waals surface area contributed by atoms with Gasteiger partial charge in [-0.2, -0.15) is 4.68 Å². The normalized spacial score (nSPS) is 11.1. The smallest absolute Gasteiger partial charge is 0.278 e. The minimum absolute atomic E-state index is 0.147. The number of aromatic nitrogens is 3. The van der Waals surface area contributed by atoms with Gasteiger partial charge >= 0.3 is 0 Å². The van der Waals surface area contributed by atoms with Crippen molar-refractivity contribution >= 4 is 22.5 Å². The number of halogens is 1. The Morgan fingerprint density at radius 3 is 2.71 bits per heavy atom. The molecule has 0 bridgehead atoms. The van der Waals surface area contributed by atoms with Crippen LogP contribution in [-0.4, -0.2) is 40.1 Å². The molecule has 3 rings (SSSR count). The fourth-order valence-electron chi connectivity index (χ4n) is 2.27. The van der Waals surface area contributed by atoms with Crippen LogP contribution in [0, 0.1) is 0 Å². The summed E-state index contributed by atoms with van der Waals surface area (Å²) < 4.78 is 7.00. The molecule has 0 spiro atoms. The summed E-state index contributed by atoms with van der Waals surface area (Å²) in [6.07, 6.45) is 0. The highest BCUT2D eigenvalue weighted by molar-refractivity contribution is 6.30. The fourth-order valence-corrected chi connectivity index (χ4v) is 2.39. The van der Waals surface area contributed by atoms with E-state index in [9.17, 15) is 4.79 Å². The molecule has 0 amide bonds. The molecular weight excluding hydrogens is 328 g/mol. The summed E-state index contributed by atoms with van der Waals surface area (Å²) in [4.78, 5) is 14.3. The number of benzene rings is 2. The van der Waals surface area contributed by atoms with E-state index < -0.39 is 0 Å². The van der Waals surface area contributed by atoms with Gasteiger partial charge in [0.1, 0.15) is 17.9 Å². The number of rotatable bonds is 6. The molecule has 0 unspecified atom stereocenters. The third kappa shape index (κ3) is 3.90. The van der Waals surface area contributed by atoms with Crippen molar-refractivity contribution in [2.24, 2.45) is 0 Å². The van der Waals surface area contributed by atoms with E-state index in [2.05, 4.69) is 10.3 Å². The van der Waals surface area contributed by atoms with E-state index in [4.69, 9.17) is 16.3 Å². The van der Waals surface area contributed by atoms with Crippen molar-refractivity contribution in [3.63, 3.8) is 0 Å². The first-order valence-corrected chi connectivity index (χ1v) is 7.91. The van der Waals surface area contributed by atoms with Crippen LogP contribution in [0.4, 0.5) is 0 Å². The van der Waals surface area contributed by atoms with Gasteiger partial charge < -0.3 is 4.74 Å². The molecule has 0 saturated heterocycles.